The lowest BCUT2D eigenvalue weighted by molar-refractivity contribution is 0.372. The summed E-state index contributed by atoms with van der Waals surface area (Å²) in [7, 11) is 1.83. The number of nitrogens with zero attached hydrogens (tertiary/aromatic N) is 3. The van der Waals surface area contributed by atoms with Crippen molar-refractivity contribution in [2.75, 3.05) is 38.1 Å². The van der Waals surface area contributed by atoms with Crippen LogP contribution in [0.1, 0.15) is 17.9 Å². The number of anilines is 1. The summed E-state index contributed by atoms with van der Waals surface area (Å²) in [6.45, 7) is 3.83. The van der Waals surface area contributed by atoms with Gasteiger partial charge >= 0.3 is 0 Å². The molecule has 1 aliphatic carbocycles. The van der Waals surface area contributed by atoms with Crippen LogP contribution < -0.4 is 10.2 Å². The fraction of sp³-hybridized carbons (Fsp3) is 0.381. The molecule has 144 valence electrons. The van der Waals surface area contributed by atoms with E-state index in [9.17, 15) is 4.39 Å². The molecule has 1 saturated heterocycles. The van der Waals surface area contributed by atoms with Gasteiger partial charge in [0.05, 0.1) is 0 Å². The molecule has 27 heavy (non-hydrogen) atoms. The van der Waals surface area contributed by atoms with E-state index >= 15 is 0 Å². The van der Waals surface area contributed by atoms with E-state index in [1.54, 1.807) is 12.1 Å². The molecule has 0 spiro atoms. The molecule has 6 heteroatoms. The molecule has 4 rings (SSSR count). The van der Waals surface area contributed by atoms with Crippen LogP contribution in [0.15, 0.2) is 59.6 Å². The number of nitrogens with one attached hydrogen (secondary N) is 1. The molecule has 1 aliphatic heterocycles. The van der Waals surface area contributed by atoms with Gasteiger partial charge in [-0.15, -0.1) is 24.0 Å². The highest BCUT2D eigenvalue weighted by atomic mass is 127. The molecule has 1 heterocycles. The van der Waals surface area contributed by atoms with Crippen molar-refractivity contribution >= 4 is 35.6 Å². The maximum absolute atomic E-state index is 14.0. The predicted molar refractivity (Wildman–Crippen MR) is 120 cm³/mol. The first-order chi connectivity index (χ1) is 12.8. The smallest absolute Gasteiger partial charge is 0.194 e. The third-order valence-corrected chi connectivity index (χ3v) is 5.32. The number of para-hydroxylation sites is 1. The van der Waals surface area contributed by atoms with Gasteiger partial charge in [0.25, 0.3) is 0 Å². The van der Waals surface area contributed by atoms with Crippen LogP contribution in [-0.2, 0) is 0 Å². The Bertz CT molecular complexity index is 775. The Labute approximate surface area is 177 Å². The molecule has 0 aromatic heterocycles. The molecule has 2 aromatic rings. The Morgan fingerprint density at radius 2 is 1.67 bits per heavy atom. The Morgan fingerprint density at radius 1 is 1.00 bits per heavy atom. The standard InChI is InChI=1S/C21H25FN4.HI/c1-23-21(24-20-15-18(20)17-9-5-6-10-19(17)22)26-13-11-25(12-14-26)16-7-3-2-4-8-16;/h2-10,18,20H,11-15H2,1H3,(H,23,24);1H. The molecule has 4 nitrogen and oxygen atoms in total. The van der Waals surface area contributed by atoms with Gasteiger partial charge in [0.15, 0.2) is 5.96 Å². The first-order valence-corrected chi connectivity index (χ1v) is 9.29. The number of hydrogen-bond acceptors (Lipinski definition) is 2. The van der Waals surface area contributed by atoms with E-state index in [0.29, 0.717) is 0 Å². The van der Waals surface area contributed by atoms with Crippen molar-refractivity contribution in [1.29, 1.82) is 0 Å². The molecular weight excluding hydrogens is 454 g/mol. The maximum Gasteiger partial charge on any atom is 0.194 e. The summed E-state index contributed by atoms with van der Waals surface area (Å²) < 4.78 is 14.0. The Hall–Kier alpha value is -1.83. The Kier molecular flexibility index (Phi) is 6.57. The largest absolute Gasteiger partial charge is 0.368 e. The second-order valence-electron chi connectivity index (χ2n) is 6.97. The number of rotatable bonds is 3. The van der Waals surface area contributed by atoms with Gasteiger partial charge in [-0.25, -0.2) is 4.39 Å². The topological polar surface area (TPSA) is 30.9 Å². The van der Waals surface area contributed by atoms with Gasteiger partial charge in [-0.05, 0) is 30.2 Å². The molecule has 2 aromatic carbocycles. The number of hydrogen-bond donors (Lipinski definition) is 1. The van der Waals surface area contributed by atoms with E-state index < -0.39 is 0 Å². The number of guanidine groups is 1. The van der Waals surface area contributed by atoms with E-state index in [4.69, 9.17) is 0 Å². The molecule has 2 fully saturated rings. The van der Waals surface area contributed by atoms with Crippen LogP contribution in [-0.4, -0.2) is 50.1 Å². The summed E-state index contributed by atoms with van der Waals surface area (Å²) in [4.78, 5) is 9.17. The van der Waals surface area contributed by atoms with Crippen molar-refractivity contribution in [3.05, 3.63) is 66.0 Å². The Balaban J connectivity index is 0.00000210. The molecule has 2 aliphatic rings. The molecule has 0 radical (unpaired) electrons. The van der Waals surface area contributed by atoms with Crippen LogP contribution in [0.5, 0.6) is 0 Å². The van der Waals surface area contributed by atoms with Crippen LogP contribution in [0.2, 0.25) is 0 Å². The lowest BCUT2D eigenvalue weighted by atomic mass is 10.1. The van der Waals surface area contributed by atoms with E-state index in [1.165, 1.54) is 5.69 Å². The van der Waals surface area contributed by atoms with Gasteiger partial charge < -0.3 is 15.1 Å². The zero-order valence-corrected chi connectivity index (χ0v) is 17.8. The quantitative estimate of drug-likeness (QED) is 0.413. The lowest BCUT2D eigenvalue weighted by Crippen LogP contribution is -2.53. The number of piperazine rings is 1. The van der Waals surface area contributed by atoms with Crippen LogP contribution >= 0.6 is 24.0 Å². The third kappa shape index (κ3) is 4.54. The second kappa shape index (κ2) is 8.91. The van der Waals surface area contributed by atoms with Crippen LogP contribution in [0.4, 0.5) is 10.1 Å². The first-order valence-electron chi connectivity index (χ1n) is 9.29. The van der Waals surface area contributed by atoms with Crippen LogP contribution in [0.25, 0.3) is 0 Å². The molecule has 1 saturated carbocycles. The average Bonchev–Trinajstić information content (AvgIpc) is 3.46. The van der Waals surface area contributed by atoms with Crippen molar-refractivity contribution in [2.24, 2.45) is 4.99 Å². The van der Waals surface area contributed by atoms with Gasteiger partial charge in [0.2, 0.25) is 0 Å². The van der Waals surface area contributed by atoms with E-state index in [0.717, 1.165) is 44.1 Å². The highest BCUT2D eigenvalue weighted by Gasteiger charge is 2.41. The second-order valence-corrected chi connectivity index (χ2v) is 6.97. The van der Waals surface area contributed by atoms with Crippen molar-refractivity contribution in [3.63, 3.8) is 0 Å². The normalized spacial score (nSPS) is 22.2. The van der Waals surface area contributed by atoms with Gasteiger partial charge in [-0.1, -0.05) is 36.4 Å². The average molecular weight is 480 g/mol. The summed E-state index contributed by atoms with van der Waals surface area (Å²) >= 11 is 0. The third-order valence-electron chi connectivity index (χ3n) is 5.32. The fourth-order valence-corrected chi connectivity index (χ4v) is 3.75. The molecule has 2 atom stereocenters. The molecule has 0 bridgehead atoms. The van der Waals surface area contributed by atoms with Gasteiger partial charge in [-0.3, -0.25) is 4.99 Å². The number of halogens is 2. The molecule has 2 unspecified atom stereocenters. The first kappa shape index (κ1) is 19.9. The van der Waals surface area contributed by atoms with Gasteiger partial charge in [0, 0.05) is 50.9 Å². The summed E-state index contributed by atoms with van der Waals surface area (Å²) in [6.07, 6.45) is 0.962. The molecular formula is C21H26FIN4. The minimum Gasteiger partial charge on any atom is -0.368 e. The van der Waals surface area contributed by atoms with E-state index in [2.05, 4.69) is 44.4 Å². The van der Waals surface area contributed by atoms with E-state index in [-0.39, 0.29) is 41.8 Å². The van der Waals surface area contributed by atoms with Gasteiger partial charge in [-0.2, -0.15) is 0 Å². The minimum absolute atomic E-state index is 0. The monoisotopic (exact) mass is 480 g/mol. The number of benzene rings is 2. The Morgan fingerprint density at radius 3 is 2.33 bits per heavy atom. The van der Waals surface area contributed by atoms with E-state index in [1.807, 2.05) is 25.2 Å². The highest BCUT2D eigenvalue weighted by molar-refractivity contribution is 14.0. The molecule has 1 N–H and O–H groups in total. The summed E-state index contributed by atoms with van der Waals surface area (Å²) in [5.74, 6) is 1.08. The SMILES string of the molecule is CN=C(NC1CC1c1ccccc1F)N1CCN(c2ccccc2)CC1.I. The zero-order valence-electron chi connectivity index (χ0n) is 15.5. The van der Waals surface area contributed by atoms with Gasteiger partial charge in [0.1, 0.15) is 5.82 Å². The minimum atomic E-state index is -0.103. The summed E-state index contributed by atoms with van der Waals surface area (Å²) in [6, 6.07) is 17.9. The van der Waals surface area contributed by atoms with Crippen molar-refractivity contribution in [2.45, 2.75) is 18.4 Å². The van der Waals surface area contributed by atoms with Crippen molar-refractivity contribution in [1.82, 2.24) is 10.2 Å². The number of aliphatic imine (C=N–C) groups is 1. The molecule has 0 amide bonds. The predicted octanol–water partition coefficient (Wildman–Crippen LogP) is 3.70. The zero-order chi connectivity index (χ0) is 17.9. The van der Waals surface area contributed by atoms with Crippen molar-refractivity contribution in [3.8, 4) is 0 Å². The van der Waals surface area contributed by atoms with Crippen molar-refractivity contribution < 1.29 is 4.39 Å². The summed E-state index contributed by atoms with van der Waals surface area (Å²) in [5.41, 5.74) is 2.09. The van der Waals surface area contributed by atoms with Crippen LogP contribution in [0, 0.1) is 5.82 Å². The van der Waals surface area contributed by atoms with Crippen LogP contribution in [0.3, 0.4) is 0 Å². The highest BCUT2D eigenvalue weighted by Crippen LogP contribution is 2.41. The summed E-state index contributed by atoms with van der Waals surface area (Å²) in [5, 5.41) is 3.53. The lowest BCUT2D eigenvalue weighted by Gasteiger charge is -2.37. The fourth-order valence-electron chi connectivity index (χ4n) is 3.75. The maximum atomic E-state index is 14.0.